The number of halogens is 4. The lowest BCUT2D eigenvalue weighted by molar-refractivity contribution is -0.137. The monoisotopic (exact) mass is 682 g/mol. The first kappa shape index (κ1) is 31.4. The van der Waals surface area contributed by atoms with Crippen molar-refractivity contribution < 1.29 is 37.0 Å². The van der Waals surface area contributed by atoms with Crippen LogP contribution in [0.5, 0.6) is 11.5 Å². The maximum absolute atomic E-state index is 13.2. The van der Waals surface area contributed by atoms with Crippen LogP contribution in [-0.2, 0) is 20.6 Å². The molecule has 0 aliphatic heterocycles. The molecule has 3 aromatic rings. The summed E-state index contributed by atoms with van der Waals surface area (Å²) in [6.07, 6.45) is -3.34. The first-order valence-corrected chi connectivity index (χ1v) is 13.2. The molecule has 0 heterocycles. The lowest BCUT2D eigenvalue weighted by Gasteiger charge is -2.16. The van der Waals surface area contributed by atoms with E-state index in [2.05, 4.69) is 21.2 Å². The van der Waals surface area contributed by atoms with Gasteiger partial charge in [0.15, 0.2) is 18.1 Å². The molecule has 0 fully saturated rings. The number of carbonyl (C=O) groups excluding carboxylic acids is 3. The van der Waals surface area contributed by atoms with E-state index < -0.39 is 36.1 Å². The minimum absolute atomic E-state index is 0.195. The zero-order valence-electron chi connectivity index (χ0n) is 22.2. The van der Waals surface area contributed by atoms with Gasteiger partial charge in [0.1, 0.15) is 0 Å². The molecular formula is C28H26F3IN4O5. The van der Waals surface area contributed by atoms with Crippen molar-refractivity contribution in [1.29, 1.82) is 0 Å². The van der Waals surface area contributed by atoms with Gasteiger partial charge >= 0.3 is 18.0 Å². The minimum atomic E-state index is -4.64. The van der Waals surface area contributed by atoms with Crippen LogP contribution >= 0.6 is 22.6 Å². The number of benzene rings is 3. The van der Waals surface area contributed by atoms with E-state index in [0.29, 0.717) is 14.8 Å². The molecule has 0 aliphatic rings. The number of anilines is 2. The average Bonchev–Trinajstić information content (AvgIpc) is 2.90. The molecule has 0 saturated heterocycles. The van der Waals surface area contributed by atoms with Gasteiger partial charge in [-0.25, -0.2) is 5.43 Å². The lowest BCUT2D eigenvalue weighted by Crippen LogP contribution is -2.32. The van der Waals surface area contributed by atoms with Crippen molar-refractivity contribution in [2.75, 3.05) is 23.8 Å². The molecule has 41 heavy (non-hydrogen) atoms. The van der Waals surface area contributed by atoms with E-state index in [-0.39, 0.29) is 23.8 Å². The Morgan fingerprint density at radius 1 is 0.951 bits per heavy atom. The largest absolute Gasteiger partial charge is 0.490 e. The number of ether oxygens (including phenoxy) is 2. The summed E-state index contributed by atoms with van der Waals surface area (Å²) in [4.78, 5) is 36.9. The SMILES string of the molecule is CCOc1cc(/C=N\NC(=O)C(=O)Nc2c(C)cccc2C)cc(I)c1OCC(=O)Nc1ccccc1C(F)(F)F. The highest BCUT2D eigenvalue weighted by Gasteiger charge is 2.33. The smallest absolute Gasteiger partial charge is 0.418 e. The lowest BCUT2D eigenvalue weighted by atomic mass is 10.1. The molecule has 3 rings (SSSR count). The van der Waals surface area contributed by atoms with E-state index in [1.165, 1.54) is 24.4 Å². The third-order valence-electron chi connectivity index (χ3n) is 5.49. The molecule has 0 bridgehead atoms. The number of hydrazone groups is 1. The zero-order chi connectivity index (χ0) is 30.2. The molecule has 9 nitrogen and oxygen atoms in total. The summed E-state index contributed by atoms with van der Waals surface area (Å²) in [7, 11) is 0. The van der Waals surface area contributed by atoms with E-state index in [1.807, 2.05) is 54.6 Å². The van der Waals surface area contributed by atoms with Crippen molar-refractivity contribution in [3.8, 4) is 11.5 Å². The number of hydrogen-bond donors (Lipinski definition) is 3. The summed E-state index contributed by atoms with van der Waals surface area (Å²) >= 11 is 1.93. The molecule has 0 aromatic heterocycles. The van der Waals surface area contributed by atoms with Crippen LogP contribution in [0.4, 0.5) is 24.5 Å². The van der Waals surface area contributed by atoms with Gasteiger partial charge in [0.2, 0.25) is 0 Å². The Kier molecular flexibility index (Phi) is 10.7. The van der Waals surface area contributed by atoms with Crippen molar-refractivity contribution in [3.05, 3.63) is 80.4 Å². The third kappa shape index (κ3) is 8.67. The number of nitrogens with one attached hydrogen (secondary N) is 3. The van der Waals surface area contributed by atoms with Gasteiger partial charge in [0, 0.05) is 5.69 Å². The highest BCUT2D eigenvalue weighted by molar-refractivity contribution is 14.1. The van der Waals surface area contributed by atoms with Crippen LogP contribution in [0.3, 0.4) is 0 Å². The molecule has 3 amide bonds. The summed E-state index contributed by atoms with van der Waals surface area (Å²) in [5.74, 6) is -2.22. The number of hydrogen-bond acceptors (Lipinski definition) is 6. The van der Waals surface area contributed by atoms with E-state index in [4.69, 9.17) is 9.47 Å². The molecule has 0 spiro atoms. The van der Waals surface area contributed by atoms with Crippen molar-refractivity contribution in [3.63, 3.8) is 0 Å². The Labute approximate surface area is 247 Å². The van der Waals surface area contributed by atoms with Crippen LogP contribution < -0.4 is 25.5 Å². The van der Waals surface area contributed by atoms with Gasteiger partial charge in [-0.3, -0.25) is 14.4 Å². The average molecular weight is 682 g/mol. The summed E-state index contributed by atoms with van der Waals surface area (Å²) in [5, 5.41) is 8.61. The molecular weight excluding hydrogens is 656 g/mol. The second-order valence-corrected chi connectivity index (χ2v) is 9.73. The zero-order valence-corrected chi connectivity index (χ0v) is 24.3. The summed E-state index contributed by atoms with van der Waals surface area (Å²) in [5.41, 5.74) is 3.43. The molecule has 0 saturated carbocycles. The predicted molar refractivity (Wildman–Crippen MR) is 156 cm³/mol. The fraction of sp³-hybridized carbons (Fsp3) is 0.214. The van der Waals surface area contributed by atoms with Crippen LogP contribution in [0.1, 0.15) is 29.2 Å². The molecule has 13 heteroatoms. The Bertz CT molecular complexity index is 1460. The van der Waals surface area contributed by atoms with Gasteiger partial charge in [0.05, 0.1) is 27.6 Å². The Hall–Kier alpha value is -4.14. The molecule has 0 aliphatic carbocycles. The van der Waals surface area contributed by atoms with Crippen LogP contribution in [0.2, 0.25) is 0 Å². The summed E-state index contributed by atoms with van der Waals surface area (Å²) in [6, 6.07) is 13.2. The van der Waals surface area contributed by atoms with Crippen molar-refractivity contribution >= 4 is 57.9 Å². The van der Waals surface area contributed by atoms with Crippen LogP contribution in [0.25, 0.3) is 0 Å². The molecule has 0 radical (unpaired) electrons. The minimum Gasteiger partial charge on any atom is -0.490 e. The predicted octanol–water partition coefficient (Wildman–Crippen LogP) is 5.43. The van der Waals surface area contributed by atoms with Gasteiger partial charge in [0.25, 0.3) is 5.91 Å². The van der Waals surface area contributed by atoms with Crippen LogP contribution in [0.15, 0.2) is 59.7 Å². The fourth-order valence-electron chi connectivity index (χ4n) is 3.63. The second kappa shape index (κ2) is 14.0. The third-order valence-corrected chi connectivity index (χ3v) is 6.29. The quantitative estimate of drug-likeness (QED) is 0.121. The van der Waals surface area contributed by atoms with Gasteiger partial charge in [-0.1, -0.05) is 30.3 Å². The van der Waals surface area contributed by atoms with Gasteiger partial charge < -0.3 is 20.1 Å². The first-order chi connectivity index (χ1) is 19.4. The van der Waals surface area contributed by atoms with E-state index in [1.54, 1.807) is 13.0 Å². The van der Waals surface area contributed by atoms with E-state index in [9.17, 15) is 27.6 Å². The Morgan fingerprint density at radius 3 is 2.29 bits per heavy atom. The highest BCUT2D eigenvalue weighted by Crippen LogP contribution is 2.35. The second-order valence-electron chi connectivity index (χ2n) is 8.56. The molecule has 0 atom stereocenters. The maximum atomic E-state index is 13.2. The molecule has 216 valence electrons. The Balaban J connectivity index is 1.65. The first-order valence-electron chi connectivity index (χ1n) is 12.2. The topological polar surface area (TPSA) is 118 Å². The van der Waals surface area contributed by atoms with Crippen LogP contribution in [-0.4, -0.2) is 37.1 Å². The number of carbonyl (C=O) groups is 3. The fourth-order valence-corrected chi connectivity index (χ4v) is 4.41. The molecule has 0 unspecified atom stereocenters. The molecule has 3 aromatic carbocycles. The number of alkyl halides is 3. The number of amides is 3. The number of rotatable bonds is 9. The number of para-hydroxylation sites is 2. The van der Waals surface area contributed by atoms with Gasteiger partial charge in [-0.15, -0.1) is 0 Å². The highest BCUT2D eigenvalue weighted by atomic mass is 127. The summed E-state index contributed by atoms with van der Waals surface area (Å²) < 4.78 is 51.3. The normalized spacial score (nSPS) is 11.2. The summed E-state index contributed by atoms with van der Waals surface area (Å²) in [6.45, 7) is 5.01. The standard InChI is InChI=1S/C28H26F3IN4O5/c1-4-40-22-13-18(14-33-36-27(39)26(38)35-24-16(2)8-7-9-17(24)3)12-20(32)25(22)41-15-23(37)34-21-11-6-5-10-19(21)28(29,30)31/h5-14H,4,15H2,1-3H3,(H,34,37)(H,35,38)(H,36,39)/b33-14-. The van der Waals surface area contributed by atoms with E-state index in [0.717, 1.165) is 23.3 Å². The maximum Gasteiger partial charge on any atom is 0.418 e. The van der Waals surface area contributed by atoms with E-state index >= 15 is 0 Å². The van der Waals surface area contributed by atoms with Crippen LogP contribution in [0, 0.1) is 17.4 Å². The number of nitrogens with zero attached hydrogens (tertiary/aromatic N) is 1. The number of aryl methyl sites for hydroxylation is 2. The van der Waals surface area contributed by atoms with Gasteiger partial charge in [-0.2, -0.15) is 18.3 Å². The Morgan fingerprint density at radius 2 is 1.63 bits per heavy atom. The van der Waals surface area contributed by atoms with Gasteiger partial charge in [-0.05, 0) is 84.3 Å². The van der Waals surface area contributed by atoms with Crippen molar-refractivity contribution in [2.24, 2.45) is 5.10 Å². The van der Waals surface area contributed by atoms with Crippen molar-refractivity contribution in [1.82, 2.24) is 5.43 Å². The van der Waals surface area contributed by atoms with Crippen molar-refractivity contribution in [2.45, 2.75) is 26.9 Å². The molecule has 3 N–H and O–H groups in total.